The summed E-state index contributed by atoms with van der Waals surface area (Å²) in [6, 6.07) is 13.7. The second kappa shape index (κ2) is 9.96. The second-order valence-electron chi connectivity index (χ2n) is 7.96. The SMILES string of the molecule is CC(C)(C)NC(=NC(N)CC(N)c1ccc(F)cc1)NC(=O)c1ccc(C#N)cc1. The number of nitrogens with two attached hydrogens (primary N) is 2. The molecule has 2 rings (SSSR count). The lowest BCUT2D eigenvalue weighted by atomic mass is 10.0. The van der Waals surface area contributed by atoms with Gasteiger partial charge in [0.25, 0.3) is 5.91 Å². The van der Waals surface area contributed by atoms with E-state index in [-0.39, 0.29) is 23.2 Å². The van der Waals surface area contributed by atoms with Gasteiger partial charge >= 0.3 is 0 Å². The molecule has 0 bridgehead atoms. The average molecular weight is 410 g/mol. The van der Waals surface area contributed by atoms with Crippen molar-refractivity contribution < 1.29 is 9.18 Å². The Morgan fingerprint density at radius 2 is 1.73 bits per heavy atom. The maximum absolute atomic E-state index is 13.1. The van der Waals surface area contributed by atoms with Gasteiger partial charge in [0.2, 0.25) is 0 Å². The van der Waals surface area contributed by atoms with Crippen LogP contribution in [-0.4, -0.2) is 23.6 Å². The monoisotopic (exact) mass is 410 g/mol. The summed E-state index contributed by atoms with van der Waals surface area (Å²) in [4.78, 5) is 17.0. The Kier molecular flexibility index (Phi) is 7.64. The van der Waals surface area contributed by atoms with Crippen LogP contribution in [-0.2, 0) is 0 Å². The highest BCUT2D eigenvalue weighted by molar-refractivity contribution is 6.05. The van der Waals surface area contributed by atoms with Crippen molar-refractivity contribution >= 4 is 11.9 Å². The van der Waals surface area contributed by atoms with Crippen molar-refractivity contribution in [1.82, 2.24) is 10.6 Å². The lowest BCUT2D eigenvalue weighted by Gasteiger charge is -2.25. The molecule has 0 saturated heterocycles. The van der Waals surface area contributed by atoms with E-state index in [0.29, 0.717) is 17.5 Å². The van der Waals surface area contributed by atoms with Crippen LogP contribution in [0.5, 0.6) is 0 Å². The van der Waals surface area contributed by atoms with Gasteiger partial charge in [-0.25, -0.2) is 9.38 Å². The molecule has 2 aromatic rings. The van der Waals surface area contributed by atoms with E-state index in [9.17, 15) is 9.18 Å². The Morgan fingerprint density at radius 1 is 1.13 bits per heavy atom. The van der Waals surface area contributed by atoms with E-state index in [4.69, 9.17) is 16.7 Å². The van der Waals surface area contributed by atoms with Crippen LogP contribution >= 0.6 is 0 Å². The molecule has 0 aliphatic rings. The summed E-state index contributed by atoms with van der Waals surface area (Å²) in [5.41, 5.74) is 13.5. The van der Waals surface area contributed by atoms with Crippen molar-refractivity contribution in [3.63, 3.8) is 0 Å². The van der Waals surface area contributed by atoms with Crippen LogP contribution in [0.2, 0.25) is 0 Å². The van der Waals surface area contributed by atoms with Gasteiger partial charge in [-0.3, -0.25) is 10.1 Å². The third kappa shape index (κ3) is 7.28. The van der Waals surface area contributed by atoms with Gasteiger partial charge in [0.15, 0.2) is 5.96 Å². The van der Waals surface area contributed by atoms with E-state index in [2.05, 4.69) is 15.6 Å². The fraction of sp³-hybridized carbons (Fsp3) is 0.318. The average Bonchev–Trinajstić information content (AvgIpc) is 2.67. The van der Waals surface area contributed by atoms with Crippen LogP contribution in [0.1, 0.15) is 54.7 Å². The molecule has 2 atom stereocenters. The van der Waals surface area contributed by atoms with Crippen molar-refractivity contribution in [3.05, 3.63) is 71.0 Å². The fourth-order valence-corrected chi connectivity index (χ4v) is 2.65. The summed E-state index contributed by atoms with van der Waals surface area (Å²) in [5, 5.41) is 14.7. The first-order valence-electron chi connectivity index (χ1n) is 9.51. The van der Waals surface area contributed by atoms with Crippen LogP contribution < -0.4 is 22.1 Å². The predicted molar refractivity (Wildman–Crippen MR) is 115 cm³/mol. The van der Waals surface area contributed by atoms with Crippen LogP contribution in [0.3, 0.4) is 0 Å². The standard InChI is InChI=1S/C22H27FN6O/c1-22(2,3)29-21(28-20(30)16-6-4-14(13-24)5-7-16)27-19(26)12-18(25)15-8-10-17(23)11-9-15/h4-11,18-19H,12,25-26H2,1-3H3,(H2,27,28,29,30). The summed E-state index contributed by atoms with van der Waals surface area (Å²) < 4.78 is 13.1. The number of aliphatic imine (C=N–C) groups is 1. The quantitative estimate of drug-likeness (QED) is 0.445. The van der Waals surface area contributed by atoms with E-state index < -0.39 is 12.2 Å². The minimum atomic E-state index is -0.698. The van der Waals surface area contributed by atoms with Gasteiger partial charge < -0.3 is 16.8 Å². The molecule has 0 radical (unpaired) electrons. The first-order chi connectivity index (χ1) is 14.1. The molecule has 1 amide bonds. The number of rotatable bonds is 5. The summed E-state index contributed by atoms with van der Waals surface area (Å²) >= 11 is 0. The Balaban J connectivity index is 2.13. The van der Waals surface area contributed by atoms with Crippen molar-refractivity contribution in [2.45, 2.75) is 44.9 Å². The molecule has 2 unspecified atom stereocenters. The molecule has 158 valence electrons. The topological polar surface area (TPSA) is 129 Å². The number of nitrogens with one attached hydrogen (secondary N) is 2. The molecule has 6 N–H and O–H groups in total. The summed E-state index contributed by atoms with van der Waals surface area (Å²) in [6.07, 6.45) is -0.399. The van der Waals surface area contributed by atoms with Gasteiger partial charge in [0.1, 0.15) is 12.0 Å². The molecule has 0 aliphatic heterocycles. The lowest BCUT2D eigenvalue weighted by molar-refractivity contribution is 0.0975. The maximum atomic E-state index is 13.1. The highest BCUT2D eigenvalue weighted by atomic mass is 19.1. The molecule has 0 saturated carbocycles. The predicted octanol–water partition coefficient (Wildman–Crippen LogP) is 2.55. The van der Waals surface area contributed by atoms with Gasteiger partial charge in [0, 0.05) is 23.6 Å². The maximum Gasteiger partial charge on any atom is 0.257 e. The molecular weight excluding hydrogens is 383 g/mol. The van der Waals surface area contributed by atoms with Gasteiger partial charge in [-0.05, 0) is 62.7 Å². The molecule has 7 nitrogen and oxygen atoms in total. The molecular formula is C22H27FN6O. The Hall–Kier alpha value is -3.28. The first-order valence-corrected chi connectivity index (χ1v) is 9.51. The van der Waals surface area contributed by atoms with E-state index >= 15 is 0 Å². The van der Waals surface area contributed by atoms with Crippen molar-refractivity contribution in [2.75, 3.05) is 0 Å². The van der Waals surface area contributed by atoms with Crippen LogP contribution in [0, 0.1) is 17.1 Å². The summed E-state index contributed by atoms with van der Waals surface area (Å²) in [5.74, 6) is -0.504. The normalized spacial score (nSPS) is 13.8. The smallest absolute Gasteiger partial charge is 0.257 e. The van der Waals surface area contributed by atoms with Crippen LogP contribution in [0.25, 0.3) is 0 Å². The zero-order valence-corrected chi connectivity index (χ0v) is 17.3. The largest absolute Gasteiger partial charge is 0.351 e. The molecule has 2 aromatic carbocycles. The van der Waals surface area contributed by atoms with Crippen LogP contribution in [0.15, 0.2) is 53.5 Å². The molecule has 0 aromatic heterocycles. The van der Waals surface area contributed by atoms with Crippen molar-refractivity contribution in [2.24, 2.45) is 16.5 Å². The third-order valence-corrected chi connectivity index (χ3v) is 4.09. The number of carbonyl (C=O) groups excluding carboxylic acids is 1. The number of guanidine groups is 1. The van der Waals surface area contributed by atoms with E-state index in [1.807, 2.05) is 26.8 Å². The van der Waals surface area contributed by atoms with Crippen molar-refractivity contribution in [3.8, 4) is 6.07 Å². The van der Waals surface area contributed by atoms with Crippen molar-refractivity contribution in [1.29, 1.82) is 5.26 Å². The minimum Gasteiger partial charge on any atom is -0.351 e. The Bertz CT molecular complexity index is 926. The molecule has 0 spiro atoms. The number of hydrogen-bond acceptors (Lipinski definition) is 5. The first kappa shape index (κ1) is 23.0. The molecule has 0 aliphatic carbocycles. The number of carbonyl (C=O) groups is 1. The number of halogens is 1. The van der Waals surface area contributed by atoms with Gasteiger partial charge in [-0.1, -0.05) is 12.1 Å². The number of nitriles is 1. The molecule has 0 fully saturated rings. The highest BCUT2D eigenvalue weighted by Crippen LogP contribution is 2.16. The third-order valence-electron chi connectivity index (χ3n) is 4.09. The fourth-order valence-electron chi connectivity index (χ4n) is 2.65. The van der Waals surface area contributed by atoms with E-state index in [1.54, 1.807) is 36.4 Å². The van der Waals surface area contributed by atoms with Gasteiger partial charge in [-0.15, -0.1) is 0 Å². The highest BCUT2D eigenvalue weighted by Gasteiger charge is 2.18. The van der Waals surface area contributed by atoms with E-state index in [1.165, 1.54) is 12.1 Å². The van der Waals surface area contributed by atoms with Gasteiger partial charge in [0.05, 0.1) is 11.6 Å². The Morgan fingerprint density at radius 3 is 2.27 bits per heavy atom. The zero-order chi connectivity index (χ0) is 22.3. The number of hydrogen-bond donors (Lipinski definition) is 4. The van der Waals surface area contributed by atoms with E-state index in [0.717, 1.165) is 5.56 Å². The summed E-state index contributed by atoms with van der Waals surface area (Å²) in [6.45, 7) is 5.77. The molecule has 8 heteroatoms. The summed E-state index contributed by atoms with van der Waals surface area (Å²) in [7, 11) is 0. The Labute approximate surface area is 176 Å². The van der Waals surface area contributed by atoms with Gasteiger partial charge in [-0.2, -0.15) is 5.26 Å². The zero-order valence-electron chi connectivity index (χ0n) is 17.3. The molecule has 30 heavy (non-hydrogen) atoms. The minimum absolute atomic E-state index is 0.218. The number of amides is 1. The van der Waals surface area contributed by atoms with Crippen LogP contribution in [0.4, 0.5) is 4.39 Å². The number of nitrogens with zero attached hydrogens (tertiary/aromatic N) is 2. The number of benzene rings is 2. The molecule has 0 heterocycles. The lowest BCUT2D eigenvalue weighted by Crippen LogP contribution is -2.50. The second-order valence-corrected chi connectivity index (χ2v) is 7.96.